The number of nitriles is 1. The van der Waals surface area contributed by atoms with E-state index in [2.05, 4.69) is 39.0 Å². The van der Waals surface area contributed by atoms with Gasteiger partial charge >= 0.3 is 0 Å². The van der Waals surface area contributed by atoms with Gasteiger partial charge in [-0.2, -0.15) is 5.26 Å². The van der Waals surface area contributed by atoms with Crippen molar-refractivity contribution in [1.82, 2.24) is 4.98 Å². The molecule has 0 saturated carbocycles. The van der Waals surface area contributed by atoms with E-state index >= 15 is 0 Å². The molecule has 0 fully saturated rings. The average Bonchev–Trinajstić information content (AvgIpc) is 2.30. The van der Waals surface area contributed by atoms with Crippen LogP contribution in [0.3, 0.4) is 0 Å². The molecule has 1 aromatic heterocycles. The minimum atomic E-state index is 0.594. The second kappa shape index (κ2) is 4.66. The van der Waals surface area contributed by atoms with Crippen molar-refractivity contribution >= 4 is 39.2 Å². The summed E-state index contributed by atoms with van der Waals surface area (Å²) in [5.41, 5.74) is 2.39. The molecule has 0 atom stereocenters. The van der Waals surface area contributed by atoms with E-state index in [4.69, 9.17) is 5.26 Å². The van der Waals surface area contributed by atoms with Gasteiger partial charge in [-0.3, -0.25) is 4.98 Å². The maximum atomic E-state index is 9.04. The molecule has 2 aromatic rings. The van der Waals surface area contributed by atoms with Gasteiger partial charge in [0.1, 0.15) is 6.07 Å². The molecule has 2 rings (SSSR count). The van der Waals surface area contributed by atoms with Crippen molar-refractivity contribution in [3.05, 3.63) is 33.5 Å². The first kappa shape index (κ1) is 11.1. The van der Waals surface area contributed by atoms with Crippen LogP contribution in [0.4, 0.5) is 5.69 Å². The number of anilines is 1. The summed E-state index contributed by atoms with van der Waals surface area (Å²) in [6.45, 7) is 2.81. The normalized spacial score (nSPS) is 10.1. The van der Waals surface area contributed by atoms with Crippen LogP contribution in [-0.4, -0.2) is 11.5 Å². The van der Waals surface area contributed by atoms with Gasteiger partial charge in [-0.1, -0.05) is 0 Å². The average molecular weight is 323 g/mol. The molecule has 0 amide bonds. The van der Waals surface area contributed by atoms with Crippen molar-refractivity contribution in [3.8, 4) is 6.07 Å². The number of halogens is 1. The van der Waals surface area contributed by atoms with Gasteiger partial charge in [-0.25, -0.2) is 0 Å². The van der Waals surface area contributed by atoms with Crippen LogP contribution in [0.5, 0.6) is 0 Å². The zero-order chi connectivity index (χ0) is 11.5. The van der Waals surface area contributed by atoms with Gasteiger partial charge in [-0.15, -0.1) is 0 Å². The summed E-state index contributed by atoms with van der Waals surface area (Å²) in [6, 6.07) is 8.19. The second-order valence-electron chi connectivity index (χ2n) is 3.35. The molecule has 3 nitrogen and oxygen atoms in total. The Kier molecular flexibility index (Phi) is 3.25. The zero-order valence-corrected chi connectivity index (χ0v) is 10.9. The Morgan fingerprint density at radius 2 is 2.31 bits per heavy atom. The molecule has 4 heteroatoms. The van der Waals surface area contributed by atoms with Gasteiger partial charge in [0.2, 0.25) is 0 Å². The Labute approximate surface area is 108 Å². The first-order chi connectivity index (χ1) is 7.76. The number of benzene rings is 1. The third kappa shape index (κ3) is 1.95. The summed E-state index contributed by atoms with van der Waals surface area (Å²) in [5, 5.41) is 13.3. The van der Waals surface area contributed by atoms with E-state index in [0.29, 0.717) is 5.56 Å². The number of hydrogen-bond donors (Lipinski definition) is 1. The summed E-state index contributed by atoms with van der Waals surface area (Å²) in [6.07, 6.45) is 1.62. The number of nitrogens with zero attached hydrogens (tertiary/aromatic N) is 2. The first-order valence-electron chi connectivity index (χ1n) is 4.98. The minimum Gasteiger partial charge on any atom is -0.384 e. The van der Waals surface area contributed by atoms with Gasteiger partial charge < -0.3 is 5.32 Å². The Bertz CT molecular complexity index is 572. The van der Waals surface area contributed by atoms with E-state index in [1.54, 1.807) is 6.20 Å². The lowest BCUT2D eigenvalue weighted by Gasteiger charge is -2.09. The maximum Gasteiger partial charge on any atom is 0.103 e. The van der Waals surface area contributed by atoms with Crippen LogP contribution in [0.25, 0.3) is 10.9 Å². The van der Waals surface area contributed by atoms with Crippen molar-refractivity contribution < 1.29 is 0 Å². The lowest BCUT2D eigenvalue weighted by molar-refractivity contribution is 1.21. The number of nitrogens with one attached hydrogen (secondary N) is 1. The third-order valence-corrected chi connectivity index (χ3v) is 2.98. The van der Waals surface area contributed by atoms with E-state index < -0.39 is 0 Å². The van der Waals surface area contributed by atoms with Crippen LogP contribution in [0.2, 0.25) is 0 Å². The van der Waals surface area contributed by atoms with Gasteiger partial charge in [0.25, 0.3) is 0 Å². The van der Waals surface area contributed by atoms with E-state index in [9.17, 15) is 0 Å². The highest BCUT2D eigenvalue weighted by Crippen LogP contribution is 2.26. The number of fused-ring (bicyclic) bond motifs is 1. The number of hydrogen-bond acceptors (Lipinski definition) is 3. The molecule has 0 saturated heterocycles. The summed E-state index contributed by atoms with van der Waals surface area (Å²) in [4.78, 5) is 4.27. The van der Waals surface area contributed by atoms with Crippen LogP contribution in [0, 0.1) is 14.9 Å². The molecule has 16 heavy (non-hydrogen) atoms. The molecule has 0 unspecified atom stereocenters. The molecule has 1 aromatic carbocycles. The Balaban J connectivity index is 2.77. The minimum absolute atomic E-state index is 0.594. The highest BCUT2D eigenvalue weighted by atomic mass is 127. The zero-order valence-electron chi connectivity index (χ0n) is 8.79. The second-order valence-corrected chi connectivity index (χ2v) is 4.60. The van der Waals surface area contributed by atoms with Crippen molar-refractivity contribution in [2.24, 2.45) is 0 Å². The molecule has 0 radical (unpaired) electrons. The lowest BCUT2D eigenvalue weighted by atomic mass is 10.1. The predicted octanol–water partition coefficient (Wildman–Crippen LogP) is 3.14. The van der Waals surface area contributed by atoms with Gasteiger partial charge in [0.15, 0.2) is 0 Å². The summed E-state index contributed by atoms with van der Waals surface area (Å²) >= 11 is 2.26. The van der Waals surface area contributed by atoms with E-state index in [1.807, 2.05) is 25.1 Å². The standard InChI is InChI=1S/C12H10IN3/c1-2-15-12-8(6-14)7-16-11-4-3-9(13)5-10(11)12/h3-5,7H,2H2,1H3,(H,15,16). The summed E-state index contributed by atoms with van der Waals surface area (Å²) in [7, 11) is 0. The van der Waals surface area contributed by atoms with Crippen LogP contribution in [0.15, 0.2) is 24.4 Å². The first-order valence-corrected chi connectivity index (χ1v) is 6.06. The lowest BCUT2D eigenvalue weighted by Crippen LogP contribution is -2.01. The molecule has 80 valence electrons. The SMILES string of the molecule is CCNc1c(C#N)cnc2ccc(I)cc12. The highest BCUT2D eigenvalue weighted by molar-refractivity contribution is 14.1. The van der Waals surface area contributed by atoms with Crippen molar-refractivity contribution in [2.75, 3.05) is 11.9 Å². The van der Waals surface area contributed by atoms with Crippen LogP contribution in [-0.2, 0) is 0 Å². The van der Waals surface area contributed by atoms with Crippen LogP contribution in [0.1, 0.15) is 12.5 Å². The fourth-order valence-corrected chi connectivity index (χ4v) is 2.11. The van der Waals surface area contributed by atoms with Gasteiger partial charge in [-0.05, 0) is 47.7 Å². The van der Waals surface area contributed by atoms with Crippen LogP contribution >= 0.6 is 22.6 Å². The largest absolute Gasteiger partial charge is 0.384 e. The predicted molar refractivity (Wildman–Crippen MR) is 73.3 cm³/mol. The van der Waals surface area contributed by atoms with Gasteiger partial charge in [0.05, 0.1) is 16.8 Å². The fourth-order valence-electron chi connectivity index (χ4n) is 1.62. The Morgan fingerprint density at radius 3 is 3.00 bits per heavy atom. The Morgan fingerprint density at radius 1 is 1.50 bits per heavy atom. The number of pyridine rings is 1. The number of rotatable bonds is 2. The van der Waals surface area contributed by atoms with E-state index in [1.165, 1.54) is 0 Å². The molecule has 0 bridgehead atoms. The van der Waals surface area contributed by atoms with Crippen molar-refractivity contribution in [2.45, 2.75) is 6.92 Å². The molecule has 1 N–H and O–H groups in total. The van der Waals surface area contributed by atoms with Crippen molar-refractivity contribution in [1.29, 1.82) is 5.26 Å². The van der Waals surface area contributed by atoms with Gasteiger partial charge in [0, 0.05) is 21.7 Å². The quantitative estimate of drug-likeness (QED) is 0.864. The molecule has 0 aliphatic heterocycles. The number of aromatic nitrogens is 1. The molecule has 0 spiro atoms. The molecule has 0 aliphatic rings. The molecule has 0 aliphatic carbocycles. The molecule has 1 heterocycles. The van der Waals surface area contributed by atoms with E-state index in [0.717, 1.165) is 26.7 Å². The van der Waals surface area contributed by atoms with E-state index in [-0.39, 0.29) is 0 Å². The maximum absolute atomic E-state index is 9.04. The summed E-state index contributed by atoms with van der Waals surface area (Å²) < 4.78 is 1.14. The summed E-state index contributed by atoms with van der Waals surface area (Å²) in [5.74, 6) is 0. The molecular weight excluding hydrogens is 313 g/mol. The monoisotopic (exact) mass is 323 g/mol. The third-order valence-electron chi connectivity index (χ3n) is 2.30. The Hall–Kier alpha value is -1.35. The molecular formula is C12H10IN3. The topological polar surface area (TPSA) is 48.7 Å². The van der Waals surface area contributed by atoms with Crippen LogP contribution < -0.4 is 5.32 Å². The smallest absolute Gasteiger partial charge is 0.103 e. The highest BCUT2D eigenvalue weighted by Gasteiger charge is 2.07. The van der Waals surface area contributed by atoms with Crippen molar-refractivity contribution in [3.63, 3.8) is 0 Å². The fraction of sp³-hybridized carbons (Fsp3) is 0.167.